The smallest absolute Gasteiger partial charge is 0.317 e. The molecule has 1 atom stereocenters. The molecule has 0 aliphatic carbocycles. The van der Waals surface area contributed by atoms with Crippen molar-refractivity contribution < 1.29 is 9.59 Å². The number of amides is 3. The number of carbonyl (C=O) groups is 2. The summed E-state index contributed by atoms with van der Waals surface area (Å²) in [6.07, 6.45) is 3.42. The summed E-state index contributed by atoms with van der Waals surface area (Å²) in [5.41, 5.74) is 0.956. The molecule has 0 spiro atoms. The fraction of sp³-hybridized carbons (Fsp3) is 0.462. The molecular weight excluding hydrogens is 244 g/mol. The van der Waals surface area contributed by atoms with E-state index in [9.17, 15) is 9.59 Å². The second-order valence-electron chi connectivity index (χ2n) is 4.52. The van der Waals surface area contributed by atoms with Crippen LogP contribution in [0, 0.1) is 0 Å². The molecule has 6 nitrogen and oxygen atoms in total. The monoisotopic (exact) mass is 264 g/mol. The van der Waals surface area contributed by atoms with Crippen molar-refractivity contribution in [2.75, 3.05) is 27.7 Å². The normalized spacial score (nSPS) is 11.6. The summed E-state index contributed by atoms with van der Waals surface area (Å²) in [5.74, 6) is -0.147. The van der Waals surface area contributed by atoms with Crippen LogP contribution in [-0.2, 0) is 4.79 Å². The van der Waals surface area contributed by atoms with E-state index in [1.54, 1.807) is 38.4 Å². The van der Waals surface area contributed by atoms with E-state index in [0.717, 1.165) is 5.56 Å². The summed E-state index contributed by atoms with van der Waals surface area (Å²) < 4.78 is 0. The summed E-state index contributed by atoms with van der Waals surface area (Å²) in [6, 6.07) is 3.38. The summed E-state index contributed by atoms with van der Waals surface area (Å²) >= 11 is 0. The highest BCUT2D eigenvalue weighted by atomic mass is 16.2. The second kappa shape index (κ2) is 6.72. The second-order valence-corrected chi connectivity index (χ2v) is 4.52. The number of likely N-dealkylation sites (N-methyl/N-ethyl adjacent to an activating group) is 1. The third-order valence-electron chi connectivity index (χ3n) is 2.94. The van der Waals surface area contributed by atoms with Gasteiger partial charge in [-0.25, -0.2) is 4.79 Å². The highest BCUT2D eigenvalue weighted by Crippen LogP contribution is 2.16. The SMILES string of the molecule is CC(c1cccnc1)N(C)C(=O)CNC(=O)N(C)C. The molecule has 6 heteroatoms. The molecule has 0 bridgehead atoms. The van der Waals surface area contributed by atoms with Crippen molar-refractivity contribution in [1.29, 1.82) is 0 Å². The van der Waals surface area contributed by atoms with Gasteiger partial charge in [-0.1, -0.05) is 6.07 Å². The maximum absolute atomic E-state index is 12.0. The van der Waals surface area contributed by atoms with Gasteiger partial charge in [-0.15, -0.1) is 0 Å². The Kier molecular flexibility index (Phi) is 5.29. The lowest BCUT2D eigenvalue weighted by atomic mass is 10.1. The molecule has 1 heterocycles. The van der Waals surface area contributed by atoms with Crippen molar-refractivity contribution in [3.8, 4) is 0 Å². The zero-order valence-corrected chi connectivity index (χ0v) is 11.8. The van der Waals surface area contributed by atoms with Gasteiger partial charge in [-0.2, -0.15) is 0 Å². The molecule has 0 fully saturated rings. The fourth-order valence-corrected chi connectivity index (χ4v) is 1.50. The van der Waals surface area contributed by atoms with Crippen LogP contribution in [0.2, 0.25) is 0 Å². The van der Waals surface area contributed by atoms with Crippen LogP contribution >= 0.6 is 0 Å². The highest BCUT2D eigenvalue weighted by molar-refractivity contribution is 5.83. The molecule has 0 aromatic carbocycles. The van der Waals surface area contributed by atoms with Gasteiger partial charge in [-0.3, -0.25) is 9.78 Å². The third kappa shape index (κ3) is 4.24. The number of pyridine rings is 1. The highest BCUT2D eigenvalue weighted by Gasteiger charge is 2.18. The summed E-state index contributed by atoms with van der Waals surface area (Å²) in [6.45, 7) is 1.90. The zero-order valence-electron chi connectivity index (χ0n) is 11.8. The molecule has 1 aromatic rings. The molecule has 0 radical (unpaired) electrons. The molecular formula is C13H20N4O2. The molecule has 0 aliphatic rings. The van der Waals surface area contributed by atoms with Crippen molar-refractivity contribution in [2.45, 2.75) is 13.0 Å². The molecule has 1 rings (SSSR count). The number of urea groups is 1. The summed E-state index contributed by atoms with van der Waals surface area (Å²) in [4.78, 5) is 30.3. The Hall–Kier alpha value is -2.11. The molecule has 1 N–H and O–H groups in total. The average molecular weight is 264 g/mol. The molecule has 0 aliphatic heterocycles. The standard InChI is InChI=1S/C13H20N4O2/c1-10(11-6-5-7-14-8-11)17(4)12(18)9-15-13(19)16(2)3/h5-8,10H,9H2,1-4H3,(H,15,19). The molecule has 3 amide bonds. The van der Waals surface area contributed by atoms with Crippen molar-refractivity contribution in [3.63, 3.8) is 0 Å². The fourth-order valence-electron chi connectivity index (χ4n) is 1.50. The number of nitrogens with one attached hydrogen (secondary N) is 1. The lowest BCUT2D eigenvalue weighted by Gasteiger charge is -2.25. The third-order valence-corrected chi connectivity index (χ3v) is 2.94. The molecule has 1 aromatic heterocycles. The number of rotatable bonds is 4. The Morgan fingerprint density at radius 1 is 1.37 bits per heavy atom. The first-order valence-corrected chi connectivity index (χ1v) is 6.04. The maximum Gasteiger partial charge on any atom is 0.317 e. The van der Waals surface area contributed by atoms with E-state index in [-0.39, 0.29) is 24.5 Å². The van der Waals surface area contributed by atoms with Gasteiger partial charge in [0.15, 0.2) is 0 Å². The van der Waals surface area contributed by atoms with Gasteiger partial charge < -0.3 is 15.1 Å². The van der Waals surface area contributed by atoms with Crippen LogP contribution < -0.4 is 5.32 Å². The molecule has 1 unspecified atom stereocenters. The number of carbonyl (C=O) groups excluding carboxylic acids is 2. The van der Waals surface area contributed by atoms with Crippen molar-refractivity contribution in [1.82, 2.24) is 20.1 Å². The Bertz CT molecular complexity index is 434. The predicted molar refractivity (Wildman–Crippen MR) is 72.5 cm³/mol. The van der Waals surface area contributed by atoms with E-state index in [0.29, 0.717) is 0 Å². The Labute approximate surface area is 113 Å². The summed E-state index contributed by atoms with van der Waals surface area (Å²) in [5, 5.41) is 2.55. The quantitative estimate of drug-likeness (QED) is 0.877. The van der Waals surface area contributed by atoms with E-state index in [1.807, 2.05) is 19.1 Å². The van der Waals surface area contributed by atoms with Gasteiger partial charge in [-0.05, 0) is 18.6 Å². The van der Waals surface area contributed by atoms with Gasteiger partial charge >= 0.3 is 6.03 Å². The number of nitrogens with zero attached hydrogens (tertiary/aromatic N) is 3. The van der Waals surface area contributed by atoms with Gasteiger partial charge in [0, 0.05) is 33.5 Å². The van der Waals surface area contributed by atoms with Gasteiger partial charge in [0.2, 0.25) is 5.91 Å². The van der Waals surface area contributed by atoms with Crippen LogP contribution in [0.25, 0.3) is 0 Å². The number of hydrogen-bond acceptors (Lipinski definition) is 3. The first-order chi connectivity index (χ1) is 8.93. The first-order valence-electron chi connectivity index (χ1n) is 6.04. The maximum atomic E-state index is 12.0. The van der Waals surface area contributed by atoms with E-state index in [2.05, 4.69) is 10.3 Å². The van der Waals surface area contributed by atoms with E-state index < -0.39 is 0 Å². The van der Waals surface area contributed by atoms with E-state index in [1.165, 1.54) is 4.90 Å². The van der Waals surface area contributed by atoms with Crippen LogP contribution in [0.5, 0.6) is 0 Å². The van der Waals surface area contributed by atoms with Crippen LogP contribution in [0.4, 0.5) is 4.79 Å². The predicted octanol–water partition coefficient (Wildman–Crippen LogP) is 0.872. The lowest BCUT2D eigenvalue weighted by molar-refractivity contribution is -0.130. The molecule has 0 saturated carbocycles. The Morgan fingerprint density at radius 2 is 2.05 bits per heavy atom. The molecule has 104 valence electrons. The minimum atomic E-state index is -0.282. The molecule has 19 heavy (non-hydrogen) atoms. The first kappa shape index (κ1) is 14.9. The van der Waals surface area contributed by atoms with Gasteiger partial charge in [0.05, 0.1) is 12.6 Å². The minimum Gasteiger partial charge on any atom is -0.337 e. The summed E-state index contributed by atoms with van der Waals surface area (Å²) in [7, 11) is 4.96. The van der Waals surface area contributed by atoms with Crippen molar-refractivity contribution >= 4 is 11.9 Å². The largest absolute Gasteiger partial charge is 0.337 e. The minimum absolute atomic E-state index is 0.0158. The Morgan fingerprint density at radius 3 is 2.58 bits per heavy atom. The van der Waals surface area contributed by atoms with Crippen LogP contribution in [0.3, 0.4) is 0 Å². The van der Waals surface area contributed by atoms with Gasteiger partial charge in [0.1, 0.15) is 0 Å². The van der Waals surface area contributed by atoms with Crippen LogP contribution in [0.1, 0.15) is 18.5 Å². The van der Waals surface area contributed by atoms with E-state index in [4.69, 9.17) is 0 Å². The van der Waals surface area contributed by atoms with Crippen LogP contribution in [0.15, 0.2) is 24.5 Å². The van der Waals surface area contributed by atoms with Crippen LogP contribution in [-0.4, -0.2) is 54.4 Å². The van der Waals surface area contributed by atoms with Crippen molar-refractivity contribution in [2.24, 2.45) is 0 Å². The number of hydrogen-bond donors (Lipinski definition) is 1. The van der Waals surface area contributed by atoms with E-state index >= 15 is 0 Å². The topological polar surface area (TPSA) is 65.5 Å². The number of aromatic nitrogens is 1. The average Bonchev–Trinajstić information content (AvgIpc) is 2.43. The molecule has 0 saturated heterocycles. The zero-order chi connectivity index (χ0) is 14.4. The lowest BCUT2D eigenvalue weighted by Crippen LogP contribution is -2.42. The van der Waals surface area contributed by atoms with Gasteiger partial charge in [0.25, 0.3) is 0 Å². The van der Waals surface area contributed by atoms with Crippen molar-refractivity contribution in [3.05, 3.63) is 30.1 Å². The Balaban J connectivity index is 2.55.